The van der Waals surface area contributed by atoms with Crippen molar-refractivity contribution in [3.05, 3.63) is 65.2 Å². The first-order valence-corrected chi connectivity index (χ1v) is 8.72. The van der Waals surface area contributed by atoms with Crippen LogP contribution in [0.25, 0.3) is 0 Å². The van der Waals surface area contributed by atoms with Crippen molar-refractivity contribution in [1.29, 1.82) is 0 Å². The number of benzene rings is 2. The van der Waals surface area contributed by atoms with Crippen LogP contribution in [0.2, 0.25) is 0 Å². The quantitative estimate of drug-likeness (QED) is 0.809. The lowest BCUT2D eigenvalue weighted by molar-refractivity contribution is 0.0511. The molecule has 0 bridgehead atoms. The molecule has 0 fully saturated rings. The van der Waals surface area contributed by atoms with Gasteiger partial charge in [-0.3, -0.25) is 0 Å². The molecule has 1 N–H and O–H groups in total. The summed E-state index contributed by atoms with van der Waals surface area (Å²) in [5, 5.41) is 3.05. The van der Waals surface area contributed by atoms with Gasteiger partial charge in [0.1, 0.15) is 5.60 Å². The zero-order valence-electron chi connectivity index (χ0n) is 13.6. The van der Waals surface area contributed by atoms with Crippen LogP contribution in [-0.4, -0.2) is 11.7 Å². The Bertz CT molecular complexity index is 674. The number of nitrogens with one attached hydrogen (secondary N) is 1. The third kappa shape index (κ3) is 3.70. The van der Waals surface area contributed by atoms with Crippen molar-refractivity contribution in [2.45, 2.75) is 43.1 Å². The highest BCUT2D eigenvalue weighted by molar-refractivity contribution is 7.98. The van der Waals surface area contributed by atoms with Crippen LogP contribution in [0.4, 0.5) is 4.79 Å². The van der Waals surface area contributed by atoms with E-state index in [9.17, 15) is 4.79 Å². The zero-order valence-corrected chi connectivity index (χ0v) is 14.4. The molecule has 0 saturated heterocycles. The second-order valence-corrected chi connectivity index (χ2v) is 7.62. The van der Waals surface area contributed by atoms with Crippen LogP contribution in [0.1, 0.15) is 43.5 Å². The fourth-order valence-electron chi connectivity index (χ4n) is 2.70. The molecule has 0 saturated carbocycles. The van der Waals surface area contributed by atoms with Gasteiger partial charge in [0.2, 0.25) is 0 Å². The van der Waals surface area contributed by atoms with Gasteiger partial charge in [-0.15, -0.1) is 11.8 Å². The fourth-order valence-corrected chi connectivity index (χ4v) is 3.80. The molecule has 1 amide bonds. The van der Waals surface area contributed by atoms with Crippen molar-refractivity contribution in [2.24, 2.45) is 0 Å². The Morgan fingerprint density at radius 2 is 1.74 bits per heavy atom. The summed E-state index contributed by atoms with van der Waals surface area (Å²) >= 11 is 1.80. The maximum Gasteiger partial charge on any atom is 0.408 e. The molecule has 2 aromatic carbocycles. The van der Waals surface area contributed by atoms with Gasteiger partial charge in [-0.05, 0) is 43.5 Å². The van der Waals surface area contributed by atoms with Crippen molar-refractivity contribution in [2.75, 3.05) is 0 Å². The first-order chi connectivity index (χ1) is 10.9. The van der Waals surface area contributed by atoms with E-state index in [0.29, 0.717) is 0 Å². The lowest BCUT2D eigenvalue weighted by atomic mass is 9.95. The molecule has 0 unspecified atom stereocenters. The van der Waals surface area contributed by atoms with Gasteiger partial charge in [-0.2, -0.15) is 0 Å². The Kier molecular flexibility index (Phi) is 4.35. The van der Waals surface area contributed by atoms with Gasteiger partial charge < -0.3 is 10.1 Å². The molecule has 3 nitrogen and oxygen atoms in total. The maximum absolute atomic E-state index is 12.3. The van der Waals surface area contributed by atoms with Crippen LogP contribution in [0.15, 0.2) is 53.4 Å². The largest absolute Gasteiger partial charge is 0.444 e. The Hall–Kier alpha value is -1.94. The molecular weight excluding hydrogens is 306 g/mol. The second-order valence-electron chi connectivity index (χ2n) is 6.60. The number of thioether (sulfide) groups is 1. The average Bonchev–Trinajstić information content (AvgIpc) is 2.64. The van der Waals surface area contributed by atoms with Crippen LogP contribution < -0.4 is 5.32 Å². The van der Waals surface area contributed by atoms with Crippen LogP contribution >= 0.6 is 11.8 Å². The lowest BCUT2D eigenvalue weighted by Gasteiger charge is -2.25. The number of amides is 1. The summed E-state index contributed by atoms with van der Waals surface area (Å²) in [7, 11) is 0. The van der Waals surface area contributed by atoms with E-state index in [1.54, 1.807) is 11.8 Å². The number of ether oxygens (including phenoxy) is 1. The molecule has 1 aliphatic heterocycles. The maximum atomic E-state index is 12.3. The Morgan fingerprint density at radius 3 is 2.48 bits per heavy atom. The van der Waals surface area contributed by atoms with Crippen molar-refractivity contribution < 1.29 is 9.53 Å². The van der Waals surface area contributed by atoms with Crippen molar-refractivity contribution in [3.63, 3.8) is 0 Å². The molecule has 0 aromatic heterocycles. The van der Waals surface area contributed by atoms with Crippen molar-refractivity contribution in [3.8, 4) is 0 Å². The number of rotatable bonds is 1. The number of hydrogen-bond donors (Lipinski definition) is 1. The van der Waals surface area contributed by atoms with E-state index in [1.165, 1.54) is 10.5 Å². The number of carbonyl (C=O) groups excluding carboxylic acids is 1. The molecule has 120 valence electrons. The molecule has 0 radical (unpaired) electrons. The van der Waals surface area contributed by atoms with E-state index in [2.05, 4.69) is 29.6 Å². The molecule has 0 aliphatic carbocycles. The van der Waals surface area contributed by atoms with Crippen LogP contribution in [-0.2, 0) is 10.5 Å². The number of carbonyl (C=O) groups is 1. The molecule has 2 aromatic rings. The van der Waals surface area contributed by atoms with E-state index in [1.807, 2.05) is 45.0 Å². The van der Waals surface area contributed by atoms with Crippen LogP contribution in [0.5, 0.6) is 0 Å². The molecule has 1 aliphatic rings. The van der Waals surface area contributed by atoms with Crippen LogP contribution in [0.3, 0.4) is 0 Å². The third-order valence-corrected chi connectivity index (χ3v) is 4.78. The Labute approximate surface area is 141 Å². The van der Waals surface area contributed by atoms with Gasteiger partial charge >= 0.3 is 6.09 Å². The minimum Gasteiger partial charge on any atom is -0.444 e. The number of hydrogen-bond acceptors (Lipinski definition) is 3. The normalized spacial score (nSPS) is 16.7. The summed E-state index contributed by atoms with van der Waals surface area (Å²) in [5.41, 5.74) is 2.99. The standard InChI is InChI=1S/C19H21NO2S/c1-19(2,3)22-18(21)20-17-14-9-5-4-8-13(14)12-23-16-11-7-6-10-15(16)17/h4-11,17H,12H2,1-3H3,(H,20,21)/t17-/m1/s1. The SMILES string of the molecule is CC(C)(C)OC(=O)N[C@@H]1c2ccccc2CSc2ccccc21. The lowest BCUT2D eigenvalue weighted by Crippen LogP contribution is -2.35. The van der Waals surface area contributed by atoms with Gasteiger partial charge in [0.05, 0.1) is 6.04 Å². The third-order valence-electron chi connectivity index (χ3n) is 3.64. The topological polar surface area (TPSA) is 38.3 Å². The number of fused-ring (bicyclic) bond motifs is 2. The Balaban J connectivity index is 1.98. The van der Waals surface area contributed by atoms with E-state index < -0.39 is 5.60 Å². The summed E-state index contributed by atoms with van der Waals surface area (Å²) in [6.45, 7) is 5.62. The van der Waals surface area contributed by atoms with Crippen LogP contribution in [0, 0.1) is 0 Å². The highest BCUT2D eigenvalue weighted by Gasteiger charge is 2.27. The van der Waals surface area contributed by atoms with Gasteiger partial charge in [0.15, 0.2) is 0 Å². The molecule has 1 heterocycles. The molecule has 4 heteroatoms. The summed E-state index contributed by atoms with van der Waals surface area (Å²) in [6.07, 6.45) is -0.390. The molecule has 23 heavy (non-hydrogen) atoms. The van der Waals surface area contributed by atoms with E-state index in [4.69, 9.17) is 4.74 Å². The Morgan fingerprint density at radius 1 is 1.09 bits per heavy atom. The minimum atomic E-state index is -0.511. The van der Waals surface area contributed by atoms with E-state index in [-0.39, 0.29) is 12.1 Å². The highest BCUT2D eigenvalue weighted by Crippen LogP contribution is 2.39. The molecule has 0 spiro atoms. The smallest absolute Gasteiger partial charge is 0.408 e. The zero-order chi connectivity index (χ0) is 16.4. The second kappa shape index (κ2) is 6.28. The van der Waals surface area contributed by atoms with E-state index in [0.717, 1.165) is 16.9 Å². The first-order valence-electron chi connectivity index (χ1n) is 7.73. The predicted molar refractivity (Wildman–Crippen MR) is 93.7 cm³/mol. The number of alkyl carbamates (subject to hydrolysis) is 1. The fraction of sp³-hybridized carbons (Fsp3) is 0.316. The van der Waals surface area contributed by atoms with Gasteiger partial charge in [0.25, 0.3) is 0 Å². The van der Waals surface area contributed by atoms with Crippen molar-refractivity contribution >= 4 is 17.9 Å². The first kappa shape index (κ1) is 15.9. The molecular formula is C19H21NO2S. The van der Waals surface area contributed by atoms with Gasteiger partial charge in [0, 0.05) is 10.6 Å². The highest BCUT2D eigenvalue weighted by atomic mass is 32.2. The summed E-state index contributed by atoms with van der Waals surface area (Å²) < 4.78 is 5.45. The van der Waals surface area contributed by atoms with Gasteiger partial charge in [-0.1, -0.05) is 42.5 Å². The molecule has 3 rings (SSSR count). The summed E-state index contributed by atoms with van der Waals surface area (Å²) in [6, 6.07) is 16.3. The molecule has 1 atom stereocenters. The predicted octanol–water partition coefficient (Wildman–Crippen LogP) is 4.91. The minimum absolute atomic E-state index is 0.188. The summed E-state index contributed by atoms with van der Waals surface area (Å²) in [4.78, 5) is 13.5. The monoisotopic (exact) mass is 327 g/mol. The van der Waals surface area contributed by atoms with E-state index >= 15 is 0 Å². The average molecular weight is 327 g/mol. The summed E-state index contributed by atoms with van der Waals surface area (Å²) in [5.74, 6) is 0.902. The van der Waals surface area contributed by atoms with Crippen molar-refractivity contribution in [1.82, 2.24) is 5.32 Å². The van der Waals surface area contributed by atoms with Gasteiger partial charge in [-0.25, -0.2) is 4.79 Å².